The van der Waals surface area contributed by atoms with Crippen LogP contribution in [0.4, 0.5) is 26.3 Å². The summed E-state index contributed by atoms with van der Waals surface area (Å²) in [4.78, 5) is 26.0. The molecule has 49 heavy (non-hydrogen) atoms. The summed E-state index contributed by atoms with van der Waals surface area (Å²) in [6, 6.07) is 12.6. The van der Waals surface area contributed by atoms with Crippen LogP contribution < -0.4 is 0 Å². The van der Waals surface area contributed by atoms with Crippen molar-refractivity contribution in [3.05, 3.63) is 96.6 Å². The minimum absolute atomic E-state index is 0.197. The Hall–Kier alpha value is -4.52. The lowest BCUT2D eigenvalue weighted by Gasteiger charge is -2.33. The molecular formula is C37H38F6O6. The third kappa shape index (κ3) is 10.2. The number of carbonyl (C=O) groups excluding carboxylic acids is 2. The molecular weight excluding hydrogens is 654 g/mol. The average Bonchev–Trinajstić information content (AvgIpc) is 3.06. The highest BCUT2D eigenvalue weighted by molar-refractivity contribution is 5.83. The van der Waals surface area contributed by atoms with E-state index in [0.717, 1.165) is 70.2 Å². The predicted molar refractivity (Wildman–Crippen MR) is 170 cm³/mol. The van der Waals surface area contributed by atoms with Crippen molar-refractivity contribution in [3.63, 3.8) is 0 Å². The van der Waals surface area contributed by atoms with E-state index in [4.69, 9.17) is 18.9 Å². The van der Waals surface area contributed by atoms with Crippen LogP contribution in [0.2, 0.25) is 0 Å². The van der Waals surface area contributed by atoms with E-state index in [0.29, 0.717) is 6.42 Å². The normalized spacial score (nSPS) is 15.3. The van der Waals surface area contributed by atoms with Gasteiger partial charge in [-0.25, -0.2) is 9.59 Å². The lowest BCUT2D eigenvalue weighted by atomic mass is 9.92. The van der Waals surface area contributed by atoms with Crippen LogP contribution in [-0.4, -0.2) is 50.7 Å². The lowest BCUT2D eigenvalue weighted by molar-refractivity contribution is -0.278. The smallest absolute Gasteiger partial charge is 0.432 e. The van der Waals surface area contributed by atoms with Crippen molar-refractivity contribution < 1.29 is 54.9 Å². The van der Waals surface area contributed by atoms with Gasteiger partial charge in [-0.15, -0.1) is 0 Å². The summed E-state index contributed by atoms with van der Waals surface area (Å²) in [6.45, 7) is 5.46. The Morgan fingerprint density at radius 3 is 1.69 bits per heavy atom. The predicted octanol–water partition coefficient (Wildman–Crippen LogP) is 8.13. The van der Waals surface area contributed by atoms with Crippen molar-refractivity contribution >= 4 is 11.9 Å². The van der Waals surface area contributed by atoms with Crippen molar-refractivity contribution in [1.82, 2.24) is 0 Å². The first-order valence-electron chi connectivity index (χ1n) is 15.3. The maximum Gasteiger partial charge on any atom is 0.432 e. The first kappa shape index (κ1) is 40.7. The van der Waals surface area contributed by atoms with Crippen LogP contribution in [0.25, 0.3) is 0 Å². The van der Waals surface area contributed by atoms with Crippen molar-refractivity contribution in [2.45, 2.75) is 81.2 Å². The number of allylic oxidation sites excluding steroid dienone is 1. The van der Waals surface area contributed by atoms with Gasteiger partial charge in [-0.3, -0.25) is 0 Å². The Kier molecular flexibility index (Phi) is 15.7. The number of ether oxygens (including phenoxy) is 4. The maximum atomic E-state index is 14.4. The molecule has 4 atom stereocenters. The number of halogens is 6. The zero-order valence-corrected chi connectivity index (χ0v) is 27.3. The summed E-state index contributed by atoms with van der Waals surface area (Å²) in [7, 11) is 1.50. The number of carbonyl (C=O) groups is 2. The number of hydrogen-bond acceptors (Lipinski definition) is 6. The molecule has 0 radical (unpaired) electrons. The van der Waals surface area contributed by atoms with E-state index in [1.807, 2.05) is 6.92 Å². The highest BCUT2D eigenvalue weighted by atomic mass is 19.4. The van der Waals surface area contributed by atoms with Gasteiger partial charge in [0.15, 0.2) is 6.10 Å². The highest BCUT2D eigenvalue weighted by Crippen LogP contribution is 2.44. The van der Waals surface area contributed by atoms with Crippen molar-refractivity contribution in [1.29, 1.82) is 0 Å². The second-order valence-corrected chi connectivity index (χ2v) is 10.6. The molecule has 1 unspecified atom stereocenters. The molecule has 0 aliphatic rings. The van der Waals surface area contributed by atoms with Crippen LogP contribution in [0.3, 0.4) is 0 Å². The summed E-state index contributed by atoms with van der Waals surface area (Å²) in [5.41, 5.74) is -7.75. The second kappa shape index (κ2) is 18.9. The number of methoxy groups -OCH3 is 2. The standard InChI is InChI=1S/C37H38F6O6/c1-5-7-8-9-19-26-31(49-33(45)35(47-4,37(41,42)43)29-23-16-13-17-24-29)27-20-11-10-18-25-30(6-2)48-32(44)34(46-3,36(38,39)40)28-21-14-12-15-22-28/h6,12-17,20-24,27,30-31H,2,5,7-9,19,26H2,1,3-4H3/b27-20+/t30-,31?,34-,35-/m0/s1. The molecule has 0 aromatic heterocycles. The van der Waals surface area contributed by atoms with E-state index in [-0.39, 0.29) is 6.42 Å². The van der Waals surface area contributed by atoms with Crippen LogP contribution in [0.1, 0.15) is 56.6 Å². The fourth-order valence-corrected chi connectivity index (χ4v) is 4.81. The average molecular weight is 693 g/mol. The zero-order valence-electron chi connectivity index (χ0n) is 27.3. The van der Waals surface area contributed by atoms with Crippen LogP contribution in [0, 0.1) is 23.7 Å². The number of rotatable bonds is 16. The number of unbranched alkanes of at least 4 members (excludes halogenated alkanes) is 4. The monoisotopic (exact) mass is 692 g/mol. The molecule has 6 nitrogen and oxygen atoms in total. The van der Waals surface area contributed by atoms with Crippen molar-refractivity contribution in [2.24, 2.45) is 0 Å². The van der Waals surface area contributed by atoms with Gasteiger partial charge in [0, 0.05) is 25.3 Å². The summed E-state index contributed by atoms with van der Waals surface area (Å²) < 4.78 is 105. The maximum absolute atomic E-state index is 14.4. The van der Waals surface area contributed by atoms with Crippen LogP contribution in [0.5, 0.6) is 0 Å². The first-order valence-corrected chi connectivity index (χ1v) is 15.3. The number of alkyl halides is 6. The summed E-state index contributed by atoms with van der Waals surface area (Å²) in [5, 5.41) is 0. The minimum Gasteiger partial charge on any atom is -0.455 e. The fraction of sp³-hybridized carbons (Fsp3) is 0.405. The Labute approximate surface area is 282 Å². The van der Waals surface area contributed by atoms with Crippen LogP contribution >= 0.6 is 0 Å². The van der Waals surface area contributed by atoms with E-state index in [9.17, 15) is 35.9 Å². The molecule has 0 aliphatic carbocycles. The van der Waals surface area contributed by atoms with E-state index in [1.165, 1.54) is 48.6 Å². The Morgan fingerprint density at radius 1 is 0.755 bits per heavy atom. The molecule has 2 aromatic carbocycles. The van der Waals surface area contributed by atoms with Crippen molar-refractivity contribution in [2.75, 3.05) is 14.2 Å². The lowest BCUT2D eigenvalue weighted by Crippen LogP contribution is -2.52. The third-order valence-corrected chi connectivity index (χ3v) is 7.39. The van der Waals surface area contributed by atoms with Gasteiger partial charge in [-0.05, 0) is 48.8 Å². The molecule has 0 N–H and O–H groups in total. The van der Waals surface area contributed by atoms with Gasteiger partial charge < -0.3 is 18.9 Å². The molecule has 0 bridgehead atoms. The quantitative estimate of drug-likeness (QED) is 0.0582. The molecule has 2 aromatic rings. The van der Waals surface area contributed by atoms with Gasteiger partial charge in [0.1, 0.15) is 6.10 Å². The summed E-state index contributed by atoms with van der Waals surface area (Å²) in [6.07, 6.45) is -5.12. The largest absolute Gasteiger partial charge is 0.455 e. The van der Waals surface area contributed by atoms with Gasteiger partial charge in [-0.2, -0.15) is 26.3 Å². The van der Waals surface area contributed by atoms with Crippen LogP contribution in [-0.2, 0) is 39.7 Å². The van der Waals surface area contributed by atoms with Gasteiger partial charge in [0.25, 0.3) is 11.2 Å². The first-order chi connectivity index (χ1) is 23.2. The number of hydrogen-bond donors (Lipinski definition) is 0. The Balaban J connectivity index is 2.28. The van der Waals surface area contributed by atoms with E-state index in [2.05, 4.69) is 30.3 Å². The summed E-state index contributed by atoms with van der Waals surface area (Å²) in [5.74, 6) is 6.18. The van der Waals surface area contributed by atoms with E-state index in [1.54, 1.807) is 0 Å². The third-order valence-electron chi connectivity index (χ3n) is 7.39. The Morgan fingerprint density at radius 2 is 1.24 bits per heavy atom. The molecule has 0 saturated carbocycles. The SMILES string of the molecule is C=C[C@@H](C#CC#C/C=C/C(CCCCCCC)OC(=O)[C@@](OC)(c1ccccc1)C(F)(F)F)OC(=O)[C@@](OC)(c1ccccc1)C(F)(F)F. The van der Waals surface area contributed by atoms with Gasteiger partial charge >= 0.3 is 24.3 Å². The molecule has 2 rings (SSSR count). The van der Waals surface area contributed by atoms with Gasteiger partial charge in [0.05, 0.1) is 0 Å². The van der Waals surface area contributed by atoms with Crippen molar-refractivity contribution in [3.8, 4) is 23.7 Å². The molecule has 0 fully saturated rings. The second-order valence-electron chi connectivity index (χ2n) is 10.6. The minimum atomic E-state index is -5.19. The molecule has 0 amide bonds. The molecule has 0 heterocycles. The van der Waals surface area contributed by atoms with E-state index < -0.39 is 58.8 Å². The molecule has 0 spiro atoms. The molecule has 0 aliphatic heterocycles. The van der Waals surface area contributed by atoms with Gasteiger partial charge in [-0.1, -0.05) is 106 Å². The van der Waals surface area contributed by atoms with E-state index >= 15 is 0 Å². The molecule has 0 saturated heterocycles. The zero-order chi connectivity index (χ0) is 36.6. The molecule has 264 valence electrons. The number of esters is 2. The fourth-order valence-electron chi connectivity index (χ4n) is 4.81. The van der Waals surface area contributed by atoms with Crippen LogP contribution in [0.15, 0.2) is 85.5 Å². The number of benzene rings is 2. The summed E-state index contributed by atoms with van der Waals surface area (Å²) >= 11 is 0. The van der Waals surface area contributed by atoms with Gasteiger partial charge in [0.2, 0.25) is 0 Å². The Bertz CT molecular complexity index is 1520. The highest BCUT2D eigenvalue weighted by Gasteiger charge is 2.65. The topological polar surface area (TPSA) is 71.1 Å². The molecule has 12 heteroatoms.